The van der Waals surface area contributed by atoms with Crippen LogP contribution in [0.3, 0.4) is 0 Å². The van der Waals surface area contributed by atoms with Gasteiger partial charge in [-0.2, -0.15) is 4.68 Å². The summed E-state index contributed by atoms with van der Waals surface area (Å²) in [5.41, 5.74) is 5.10. The highest BCUT2D eigenvalue weighted by Crippen LogP contribution is 2.22. The Hall–Kier alpha value is -2.67. The zero-order valence-corrected chi connectivity index (χ0v) is 15.2. The summed E-state index contributed by atoms with van der Waals surface area (Å²) < 4.78 is 1.67. The summed E-state index contributed by atoms with van der Waals surface area (Å²) in [6.07, 6.45) is 0. The van der Waals surface area contributed by atoms with Crippen molar-refractivity contribution in [3.05, 3.63) is 59.2 Å². The fraction of sp³-hybridized carbons (Fsp3) is 0.222. The number of hydrogen-bond donors (Lipinski definition) is 1. The molecule has 1 N–H and O–H groups in total. The molecule has 0 spiro atoms. The lowest BCUT2D eigenvalue weighted by molar-refractivity contribution is -0.113. The second-order valence-corrected chi connectivity index (χ2v) is 6.74. The van der Waals surface area contributed by atoms with Crippen LogP contribution >= 0.6 is 11.8 Å². The molecule has 0 unspecified atom stereocenters. The van der Waals surface area contributed by atoms with E-state index in [0.29, 0.717) is 5.16 Å². The number of carbonyl (C=O) groups excluding carboxylic acids is 1. The molecule has 0 bridgehead atoms. The van der Waals surface area contributed by atoms with Gasteiger partial charge >= 0.3 is 0 Å². The molecular formula is C18H19N5OS. The van der Waals surface area contributed by atoms with Crippen LogP contribution in [-0.2, 0) is 4.79 Å². The zero-order valence-electron chi connectivity index (χ0n) is 14.4. The van der Waals surface area contributed by atoms with Crippen molar-refractivity contribution in [2.45, 2.75) is 25.9 Å². The molecule has 128 valence electrons. The van der Waals surface area contributed by atoms with E-state index in [0.717, 1.165) is 22.5 Å². The van der Waals surface area contributed by atoms with Gasteiger partial charge in [0.1, 0.15) is 0 Å². The van der Waals surface area contributed by atoms with Crippen LogP contribution in [0.15, 0.2) is 47.6 Å². The first-order chi connectivity index (χ1) is 12.0. The quantitative estimate of drug-likeness (QED) is 0.713. The summed E-state index contributed by atoms with van der Waals surface area (Å²) in [6, 6.07) is 13.7. The van der Waals surface area contributed by atoms with E-state index in [-0.39, 0.29) is 11.7 Å². The molecule has 0 aliphatic carbocycles. The third-order valence-corrected chi connectivity index (χ3v) is 4.80. The van der Waals surface area contributed by atoms with Crippen LogP contribution in [0.25, 0.3) is 5.69 Å². The molecule has 0 saturated heterocycles. The molecule has 0 radical (unpaired) electrons. The van der Waals surface area contributed by atoms with E-state index in [1.807, 2.05) is 63.2 Å². The third kappa shape index (κ3) is 4.06. The molecule has 0 saturated carbocycles. The van der Waals surface area contributed by atoms with Gasteiger partial charge in [0.2, 0.25) is 11.1 Å². The van der Waals surface area contributed by atoms with Crippen molar-refractivity contribution in [3.63, 3.8) is 0 Å². The van der Waals surface area contributed by atoms with Gasteiger partial charge in [-0.15, -0.1) is 5.10 Å². The van der Waals surface area contributed by atoms with Crippen molar-refractivity contribution < 1.29 is 4.79 Å². The Morgan fingerprint density at radius 1 is 1.16 bits per heavy atom. The van der Waals surface area contributed by atoms with Gasteiger partial charge in [0.05, 0.1) is 11.4 Å². The summed E-state index contributed by atoms with van der Waals surface area (Å²) in [7, 11) is 0. The standard InChI is InChI=1S/C18H19N5OS/c1-12-6-4-8-15(10-12)19-17(24)11-25-18-20-21-22-23(18)16-9-5-7-13(2)14(16)3/h4-10H,11H2,1-3H3,(H,19,24). The van der Waals surface area contributed by atoms with E-state index in [2.05, 4.69) is 20.8 Å². The number of nitrogens with zero attached hydrogens (tertiary/aromatic N) is 4. The number of aryl methyl sites for hydroxylation is 2. The summed E-state index contributed by atoms with van der Waals surface area (Å²) in [4.78, 5) is 12.2. The van der Waals surface area contributed by atoms with Gasteiger partial charge in [-0.3, -0.25) is 4.79 Å². The Balaban J connectivity index is 1.69. The van der Waals surface area contributed by atoms with Crippen molar-refractivity contribution >= 4 is 23.4 Å². The number of nitrogens with one attached hydrogen (secondary N) is 1. The Labute approximate surface area is 150 Å². The minimum atomic E-state index is -0.0916. The van der Waals surface area contributed by atoms with Gasteiger partial charge in [-0.25, -0.2) is 0 Å². The van der Waals surface area contributed by atoms with Gasteiger partial charge < -0.3 is 5.32 Å². The van der Waals surface area contributed by atoms with Gasteiger partial charge in [-0.05, 0) is 66.1 Å². The molecule has 1 aromatic heterocycles. The lowest BCUT2D eigenvalue weighted by Crippen LogP contribution is -2.14. The number of thioether (sulfide) groups is 1. The highest BCUT2D eigenvalue weighted by molar-refractivity contribution is 7.99. The number of rotatable bonds is 5. The Kier molecular flexibility index (Phi) is 5.14. The maximum absolute atomic E-state index is 12.2. The number of amides is 1. The van der Waals surface area contributed by atoms with E-state index in [1.54, 1.807) is 4.68 Å². The van der Waals surface area contributed by atoms with E-state index in [1.165, 1.54) is 17.3 Å². The molecule has 1 amide bonds. The van der Waals surface area contributed by atoms with Crippen molar-refractivity contribution in [1.82, 2.24) is 20.2 Å². The second-order valence-electron chi connectivity index (χ2n) is 5.80. The minimum Gasteiger partial charge on any atom is -0.325 e. The average Bonchev–Trinajstić information content (AvgIpc) is 3.04. The van der Waals surface area contributed by atoms with Crippen LogP contribution in [0, 0.1) is 20.8 Å². The molecule has 3 rings (SSSR count). The third-order valence-electron chi connectivity index (χ3n) is 3.88. The number of tetrazole rings is 1. The molecular weight excluding hydrogens is 334 g/mol. The van der Waals surface area contributed by atoms with E-state index in [4.69, 9.17) is 0 Å². The summed E-state index contributed by atoms with van der Waals surface area (Å²) >= 11 is 1.31. The average molecular weight is 353 g/mol. The number of aromatic nitrogens is 4. The van der Waals surface area contributed by atoms with E-state index >= 15 is 0 Å². The molecule has 0 aliphatic rings. The summed E-state index contributed by atoms with van der Waals surface area (Å²) in [5, 5.41) is 15.3. The fourth-order valence-electron chi connectivity index (χ4n) is 2.44. The van der Waals surface area contributed by atoms with Crippen LogP contribution in [0.5, 0.6) is 0 Å². The van der Waals surface area contributed by atoms with Crippen LogP contribution in [0.4, 0.5) is 5.69 Å². The van der Waals surface area contributed by atoms with Crippen molar-refractivity contribution in [3.8, 4) is 5.69 Å². The molecule has 7 heteroatoms. The highest BCUT2D eigenvalue weighted by Gasteiger charge is 2.13. The van der Waals surface area contributed by atoms with E-state index < -0.39 is 0 Å². The van der Waals surface area contributed by atoms with Gasteiger partial charge in [0, 0.05) is 5.69 Å². The fourth-order valence-corrected chi connectivity index (χ4v) is 3.12. The Morgan fingerprint density at radius 2 is 1.96 bits per heavy atom. The monoisotopic (exact) mass is 353 g/mol. The Bertz CT molecular complexity index is 906. The molecule has 1 heterocycles. The SMILES string of the molecule is Cc1cccc(NC(=O)CSc2nnnn2-c2cccc(C)c2C)c1. The normalized spacial score (nSPS) is 10.7. The molecule has 3 aromatic rings. The van der Waals surface area contributed by atoms with Crippen LogP contribution in [0.1, 0.15) is 16.7 Å². The van der Waals surface area contributed by atoms with E-state index in [9.17, 15) is 4.79 Å². The predicted molar refractivity (Wildman–Crippen MR) is 99.2 cm³/mol. The highest BCUT2D eigenvalue weighted by atomic mass is 32.2. The molecule has 0 atom stereocenters. The number of carbonyl (C=O) groups is 1. The number of hydrogen-bond acceptors (Lipinski definition) is 5. The van der Waals surface area contributed by atoms with Gasteiger partial charge in [0.25, 0.3) is 0 Å². The van der Waals surface area contributed by atoms with Gasteiger partial charge in [-0.1, -0.05) is 36.0 Å². The summed E-state index contributed by atoms with van der Waals surface area (Å²) in [6.45, 7) is 6.07. The van der Waals surface area contributed by atoms with Crippen molar-refractivity contribution in [2.75, 3.05) is 11.1 Å². The van der Waals surface area contributed by atoms with Crippen molar-refractivity contribution in [2.24, 2.45) is 0 Å². The molecule has 0 aliphatic heterocycles. The molecule has 6 nitrogen and oxygen atoms in total. The first-order valence-electron chi connectivity index (χ1n) is 7.89. The molecule has 2 aromatic carbocycles. The summed E-state index contributed by atoms with van der Waals surface area (Å²) in [5.74, 6) is 0.144. The lowest BCUT2D eigenvalue weighted by atomic mass is 10.1. The molecule has 25 heavy (non-hydrogen) atoms. The first kappa shape index (κ1) is 17.2. The van der Waals surface area contributed by atoms with Crippen molar-refractivity contribution in [1.29, 1.82) is 0 Å². The van der Waals surface area contributed by atoms with Crippen LogP contribution < -0.4 is 5.32 Å². The maximum atomic E-state index is 12.2. The first-order valence-corrected chi connectivity index (χ1v) is 8.87. The largest absolute Gasteiger partial charge is 0.325 e. The van der Waals surface area contributed by atoms with Crippen LogP contribution in [-0.4, -0.2) is 31.9 Å². The lowest BCUT2D eigenvalue weighted by Gasteiger charge is -2.09. The van der Waals surface area contributed by atoms with Crippen LogP contribution in [0.2, 0.25) is 0 Å². The predicted octanol–water partition coefficient (Wildman–Crippen LogP) is 3.32. The second kappa shape index (κ2) is 7.48. The smallest absolute Gasteiger partial charge is 0.234 e. The molecule has 0 fully saturated rings. The number of anilines is 1. The minimum absolute atomic E-state index is 0.0916. The topological polar surface area (TPSA) is 72.7 Å². The maximum Gasteiger partial charge on any atom is 0.234 e. The zero-order chi connectivity index (χ0) is 17.8. The number of benzene rings is 2. The Morgan fingerprint density at radius 3 is 2.76 bits per heavy atom. The van der Waals surface area contributed by atoms with Gasteiger partial charge in [0.15, 0.2) is 0 Å².